The molecule has 3 saturated carbocycles. The van der Waals surface area contributed by atoms with Gasteiger partial charge in [0.25, 0.3) is 5.91 Å². The highest BCUT2D eigenvalue weighted by atomic mass is 32.2. The molecular formula is C37H49FN6O8S. The van der Waals surface area contributed by atoms with Crippen molar-refractivity contribution in [2.75, 3.05) is 13.1 Å². The number of hydrogen-bond donors (Lipinski definition) is 4. The van der Waals surface area contributed by atoms with Crippen LogP contribution in [0.2, 0.25) is 0 Å². The predicted octanol–water partition coefficient (Wildman–Crippen LogP) is 2.90. The number of ether oxygens (including phenoxy) is 1. The molecule has 4 fully saturated rings. The summed E-state index contributed by atoms with van der Waals surface area (Å²) in [7, 11) is -3.91. The van der Waals surface area contributed by atoms with Crippen molar-refractivity contribution >= 4 is 39.9 Å². The van der Waals surface area contributed by atoms with Gasteiger partial charge in [0.1, 0.15) is 29.5 Å². The standard InChI is InChI=1S/C37H49FN6O8S/c38-29-13-8-9-23-21-43(18-17-28(23)29)36(49)52-26-19-31-32(45)41-37(34(47)42-53(50,51)27-15-16-27)20-24(37)10-4-2-1-3-5-14-30(33(46)44(31)22-26)40-35(48)39-25-11-6-7-12-25/h4,8-10,13,24-27,30-31H,1-3,5-7,11-12,14-22H2,(H,41,45)(H,42,47)(H2,39,40,48)/b10-4-/t24-,26+,30-,31-,37+/m0/s1. The summed E-state index contributed by atoms with van der Waals surface area (Å²) in [6, 6.07) is 2.13. The smallest absolute Gasteiger partial charge is 0.410 e. The van der Waals surface area contributed by atoms with Crippen molar-refractivity contribution in [3.63, 3.8) is 0 Å². The van der Waals surface area contributed by atoms with Gasteiger partial charge >= 0.3 is 12.1 Å². The normalized spacial score (nSPS) is 30.1. The Morgan fingerprint density at radius 1 is 0.981 bits per heavy atom. The molecule has 14 nitrogen and oxygen atoms in total. The Morgan fingerprint density at radius 3 is 2.53 bits per heavy atom. The number of rotatable bonds is 6. The number of sulfonamides is 1. The van der Waals surface area contributed by atoms with E-state index in [-0.39, 0.29) is 44.3 Å². The maximum atomic E-state index is 14.4. The minimum atomic E-state index is -3.91. The van der Waals surface area contributed by atoms with Crippen LogP contribution in [-0.4, -0.2) is 96.2 Å². The second-order valence-electron chi connectivity index (χ2n) is 15.5. The number of carbonyl (C=O) groups is 5. The van der Waals surface area contributed by atoms with Crippen molar-refractivity contribution in [2.45, 2.75) is 131 Å². The quantitative estimate of drug-likeness (QED) is 0.320. The average molecular weight is 757 g/mol. The number of amides is 6. The summed E-state index contributed by atoms with van der Waals surface area (Å²) in [5.41, 5.74) is -0.307. The first-order chi connectivity index (χ1) is 25.4. The molecule has 6 aliphatic rings. The third kappa shape index (κ3) is 8.31. The first kappa shape index (κ1) is 37.1. The highest BCUT2D eigenvalue weighted by Gasteiger charge is 2.62. The van der Waals surface area contributed by atoms with Crippen LogP contribution >= 0.6 is 0 Å². The predicted molar refractivity (Wildman–Crippen MR) is 190 cm³/mol. The van der Waals surface area contributed by atoms with E-state index in [9.17, 15) is 36.8 Å². The third-order valence-corrected chi connectivity index (χ3v) is 13.4. The average Bonchev–Trinajstić information content (AvgIpc) is 4.00. The van der Waals surface area contributed by atoms with E-state index < -0.39 is 74.8 Å². The molecule has 4 N–H and O–H groups in total. The molecule has 6 amide bonds. The number of halogens is 1. The van der Waals surface area contributed by atoms with E-state index in [4.69, 9.17) is 4.74 Å². The summed E-state index contributed by atoms with van der Waals surface area (Å²) in [5.74, 6) is -2.79. The summed E-state index contributed by atoms with van der Waals surface area (Å²) in [4.78, 5) is 71.7. The van der Waals surface area contributed by atoms with Crippen LogP contribution in [0.15, 0.2) is 30.4 Å². The number of urea groups is 1. The lowest BCUT2D eigenvalue weighted by atomic mass is 9.99. The van der Waals surface area contributed by atoms with Gasteiger partial charge in [-0.25, -0.2) is 22.4 Å². The van der Waals surface area contributed by atoms with Gasteiger partial charge in [0, 0.05) is 31.5 Å². The lowest BCUT2D eigenvalue weighted by Crippen LogP contribution is -2.59. The summed E-state index contributed by atoms with van der Waals surface area (Å²) < 4.78 is 48.0. The van der Waals surface area contributed by atoms with Crippen LogP contribution in [0.3, 0.4) is 0 Å². The molecule has 5 atom stereocenters. The summed E-state index contributed by atoms with van der Waals surface area (Å²) in [5, 5.41) is 8.00. The van der Waals surface area contributed by atoms with Gasteiger partial charge in [-0.1, -0.05) is 50.0 Å². The molecule has 1 saturated heterocycles. The molecule has 0 radical (unpaired) electrons. The zero-order valence-electron chi connectivity index (χ0n) is 29.8. The van der Waals surface area contributed by atoms with Gasteiger partial charge in [0.2, 0.25) is 21.8 Å². The van der Waals surface area contributed by atoms with Gasteiger partial charge in [-0.15, -0.1) is 0 Å². The van der Waals surface area contributed by atoms with Gasteiger partial charge in [0.15, 0.2) is 0 Å². The summed E-state index contributed by atoms with van der Waals surface area (Å²) >= 11 is 0. The SMILES string of the molecule is O=C(NC1CCCC1)N[C@H]1CCCCC/C=C\[C@H]2C[C@@]2(C(=O)NS(=O)(=O)C2CC2)NC(=O)[C@@H]2C[C@@H](OC(=O)N3CCc4c(F)cccc4C3)CN2C1=O. The monoisotopic (exact) mass is 756 g/mol. The van der Waals surface area contributed by atoms with E-state index in [1.165, 1.54) is 15.9 Å². The van der Waals surface area contributed by atoms with Gasteiger partial charge < -0.3 is 30.5 Å². The Morgan fingerprint density at radius 2 is 1.75 bits per heavy atom. The van der Waals surface area contributed by atoms with Crippen LogP contribution in [0.1, 0.15) is 94.6 Å². The van der Waals surface area contributed by atoms with Crippen molar-refractivity contribution < 1.29 is 41.5 Å². The second-order valence-corrected chi connectivity index (χ2v) is 17.4. The maximum absolute atomic E-state index is 14.4. The lowest BCUT2D eigenvalue weighted by molar-refractivity contribution is -0.141. The number of allylic oxidation sites excluding steroid dienone is 1. The molecule has 1 aromatic rings. The molecule has 288 valence electrons. The van der Waals surface area contributed by atoms with Crippen molar-refractivity contribution in [3.05, 3.63) is 47.3 Å². The number of nitrogens with one attached hydrogen (secondary N) is 4. The molecule has 1 aromatic carbocycles. The Kier molecular flexibility index (Phi) is 10.7. The minimum Gasteiger partial charge on any atom is -0.444 e. The van der Waals surface area contributed by atoms with Crippen molar-refractivity contribution in [1.82, 2.24) is 30.5 Å². The molecular weight excluding hydrogens is 708 g/mol. The highest BCUT2D eigenvalue weighted by Crippen LogP contribution is 2.46. The van der Waals surface area contributed by atoms with E-state index in [0.29, 0.717) is 49.7 Å². The molecule has 3 heterocycles. The van der Waals surface area contributed by atoms with Crippen molar-refractivity contribution in [3.8, 4) is 0 Å². The largest absolute Gasteiger partial charge is 0.444 e. The molecule has 3 aliphatic heterocycles. The van der Waals surface area contributed by atoms with Crippen LogP contribution in [0, 0.1) is 11.7 Å². The van der Waals surface area contributed by atoms with Crippen LogP contribution < -0.4 is 20.7 Å². The van der Waals surface area contributed by atoms with E-state index in [2.05, 4.69) is 20.7 Å². The Hall–Kier alpha value is -4.21. The Balaban J connectivity index is 1.12. The lowest BCUT2D eigenvalue weighted by Gasteiger charge is -2.30. The van der Waals surface area contributed by atoms with E-state index in [1.54, 1.807) is 12.1 Å². The number of nitrogens with zero attached hydrogens (tertiary/aromatic N) is 2. The molecule has 0 spiro atoms. The molecule has 7 rings (SSSR count). The second kappa shape index (κ2) is 15.3. The molecule has 3 aliphatic carbocycles. The van der Waals surface area contributed by atoms with E-state index in [1.807, 2.05) is 12.2 Å². The topological polar surface area (TPSA) is 183 Å². The molecule has 0 unspecified atom stereocenters. The summed E-state index contributed by atoms with van der Waals surface area (Å²) in [6.07, 6.45) is 10.5. The zero-order chi connectivity index (χ0) is 37.3. The van der Waals surface area contributed by atoms with Crippen molar-refractivity contribution in [1.29, 1.82) is 0 Å². The van der Waals surface area contributed by atoms with Gasteiger partial charge in [0.05, 0.1) is 11.8 Å². The third-order valence-electron chi connectivity index (χ3n) is 11.6. The maximum Gasteiger partial charge on any atom is 0.410 e. The molecule has 53 heavy (non-hydrogen) atoms. The highest BCUT2D eigenvalue weighted by molar-refractivity contribution is 7.91. The van der Waals surface area contributed by atoms with Gasteiger partial charge in [-0.05, 0) is 75.0 Å². The van der Waals surface area contributed by atoms with Crippen LogP contribution in [0.25, 0.3) is 0 Å². The molecule has 0 aromatic heterocycles. The number of benzene rings is 1. The molecule has 16 heteroatoms. The number of fused-ring (bicyclic) bond motifs is 3. The fourth-order valence-electron chi connectivity index (χ4n) is 8.24. The van der Waals surface area contributed by atoms with Crippen LogP contribution in [0.4, 0.5) is 14.0 Å². The van der Waals surface area contributed by atoms with Crippen LogP contribution in [-0.2, 0) is 42.1 Å². The summed E-state index contributed by atoms with van der Waals surface area (Å²) in [6.45, 7) is 0.233. The Bertz CT molecular complexity index is 1760. The van der Waals surface area contributed by atoms with Gasteiger partial charge in [-0.3, -0.25) is 19.1 Å². The minimum absolute atomic E-state index is 0.0176. The van der Waals surface area contributed by atoms with Crippen LogP contribution in [0.5, 0.6) is 0 Å². The number of hydrogen-bond acceptors (Lipinski definition) is 8. The van der Waals surface area contributed by atoms with E-state index in [0.717, 1.165) is 38.5 Å². The van der Waals surface area contributed by atoms with Crippen molar-refractivity contribution in [2.24, 2.45) is 5.92 Å². The van der Waals surface area contributed by atoms with Gasteiger partial charge in [-0.2, -0.15) is 0 Å². The zero-order valence-corrected chi connectivity index (χ0v) is 30.6. The molecule has 0 bridgehead atoms. The fraction of sp³-hybridized carbons (Fsp3) is 0.649. The van der Waals surface area contributed by atoms with E-state index >= 15 is 0 Å². The number of carbonyl (C=O) groups excluding carboxylic acids is 5. The first-order valence-electron chi connectivity index (χ1n) is 19.1. The first-order valence-corrected chi connectivity index (χ1v) is 20.6. The fourth-order valence-corrected chi connectivity index (χ4v) is 9.60. The Labute approximate surface area is 309 Å².